The van der Waals surface area contributed by atoms with Crippen LogP contribution in [0.2, 0.25) is 0 Å². The number of nitrogens with one attached hydrogen (secondary N) is 1. The number of aromatic nitrogens is 1. The Balaban J connectivity index is 1.68. The highest BCUT2D eigenvalue weighted by Crippen LogP contribution is 2.36. The maximum absolute atomic E-state index is 6.04. The summed E-state index contributed by atoms with van der Waals surface area (Å²) in [5.74, 6) is 0.684. The van der Waals surface area contributed by atoms with Crippen LogP contribution < -0.4 is 5.32 Å². The van der Waals surface area contributed by atoms with E-state index in [0.29, 0.717) is 24.0 Å². The van der Waals surface area contributed by atoms with Crippen molar-refractivity contribution < 1.29 is 4.74 Å². The Morgan fingerprint density at radius 3 is 2.76 bits per heavy atom. The number of thiazole rings is 1. The van der Waals surface area contributed by atoms with Gasteiger partial charge in [-0.05, 0) is 43.6 Å². The molecule has 1 aromatic rings. The quantitative estimate of drug-likeness (QED) is 0.812. The molecule has 120 valence electrons. The number of hydrogen-bond acceptors (Lipinski definition) is 4. The van der Waals surface area contributed by atoms with E-state index in [1.54, 1.807) is 11.3 Å². The molecule has 0 unspecified atom stereocenters. The Hall–Kier alpha value is -0.450. The van der Waals surface area contributed by atoms with E-state index in [0.717, 1.165) is 18.8 Å². The third-order valence-corrected chi connectivity index (χ3v) is 5.08. The second-order valence-electron chi connectivity index (χ2n) is 7.43. The minimum Gasteiger partial charge on any atom is -0.372 e. The van der Waals surface area contributed by atoms with Gasteiger partial charge in [-0.15, -0.1) is 11.3 Å². The molecule has 0 aliphatic heterocycles. The summed E-state index contributed by atoms with van der Waals surface area (Å²) in [4.78, 5) is 4.65. The van der Waals surface area contributed by atoms with Gasteiger partial charge in [0.15, 0.2) is 0 Å². The first-order valence-corrected chi connectivity index (χ1v) is 9.08. The van der Waals surface area contributed by atoms with E-state index >= 15 is 0 Å². The Labute approximate surface area is 133 Å². The van der Waals surface area contributed by atoms with E-state index < -0.39 is 0 Å². The summed E-state index contributed by atoms with van der Waals surface area (Å²) >= 11 is 1.73. The van der Waals surface area contributed by atoms with Gasteiger partial charge in [0, 0.05) is 11.9 Å². The second-order valence-corrected chi connectivity index (χ2v) is 8.37. The summed E-state index contributed by atoms with van der Waals surface area (Å²) in [5.41, 5.74) is 1.60. The summed E-state index contributed by atoms with van der Waals surface area (Å²) in [6.07, 6.45) is 5.38. The van der Waals surface area contributed by atoms with Crippen LogP contribution in [0.5, 0.6) is 0 Å². The van der Waals surface area contributed by atoms with Crippen molar-refractivity contribution in [2.24, 2.45) is 11.3 Å². The van der Waals surface area contributed by atoms with Crippen LogP contribution in [-0.4, -0.2) is 17.6 Å². The number of ether oxygens (including phenoxy) is 1. The van der Waals surface area contributed by atoms with Crippen LogP contribution in [0.3, 0.4) is 0 Å². The molecule has 21 heavy (non-hydrogen) atoms. The lowest BCUT2D eigenvalue weighted by Crippen LogP contribution is -2.26. The van der Waals surface area contributed by atoms with Crippen LogP contribution in [0.4, 0.5) is 0 Å². The standard InChI is InChI=1S/C17H30N2OS/c1-13(2)9-18-10-16-19-14(12-21-16)11-20-15-5-7-17(3,4)8-6-15/h12-13,15,18H,5-11H2,1-4H3. The SMILES string of the molecule is CC(C)CNCc1nc(COC2CCC(C)(C)CC2)cs1. The Kier molecular flexibility index (Phi) is 6.20. The maximum Gasteiger partial charge on any atom is 0.107 e. The minimum atomic E-state index is 0.433. The first-order chi connectivity index (χ1) is 9.94. The Morgan fingerprint density at radius 1 is 1.38 bits per heavy atom. The number of hydrogen-bond donors (Lipinski definition) is 1. The molecule has 0 radical (unpaired) electrons. The smallest absolute Gasteiger partial charge is 0.107 e. The minimum absolute atomic E-state index is 0.433. The number of nitrogens with zero attached hydrogens (tertiary/aromatic N) is 1. The molecule has 3 nitrogen and oxygen atoms in total. The van der Waals surface area contributed by atoms with E-state index in [-0.39, 0.29) is 0 Å². The lowest BCUT2D eigenvalue weighted by Gasteiger charge is -2.34. The van der Waals surface area contributed by atoms with Crippen molar-refractivity contribution in [3.63, 3.8) is 0 Å². The molecule has 1 N–H and O–H groups in total. The van der Waals surface area contributed by atoms with Crippen molar-refractivity contribution in [1.29, 1.82) is 0 Å². The summed E-state index contributed by atoms with van der Waals surface area (Å²) in [7, 11) is 0. The van der Waals surface area contributed by atoms with E-state index in [4.69, 9.17) is 4.74 Å². The van der Waals surface area contributed by atoms with E-state index in [1.807, 2.05) is 0 Å². The molecule has 2 rings (SSSR count). The van der Waals surface area contributed by atoms with Gasteiger partial charge in [-0.3, -0.25) is 0 Å². The largest absolute Gasteiger partial charge is 0.372 e. The molecule has 1 aromatic heterocycles. The van der Waals surface area contributed by atoms with Gasteiger partial charge in [0.05, 0.1) is 18.4 Å². The van der Waals surface area contributed by atoms with E-state index in [2.05, 4.69) is 43.4 Å². The topological polar surface area (TPSA) is 34.2 Å². The zero-order valence-corrected chi connectivity index (χ0v) is 14.8. The van der Waals surface area contributed by atoms with Crippen LogP contribution in [0.1, 0.15) is 64.1 Å². The van der Waals surface area contributed by atoms with Crippen molar-refractivity contribution in [1.82, 2.24) is 10.3 Å². The van der Waals surface area contributed by atoms with Crippen LogP contribution >= 0.6 is 11.3 Å². The molecule has 1 saturated carbocycles. The van der Waals surface area contributed by atoms with Gasteiger partial charge in [0.1, 0.15) is 5.01 Å². The van der Waals surface area contributed by atoms with Crippen LogP contribution in [0.15, 0.2) is 5.38 Å². The van der Waals surface area contributed by atoms with Gasteiger partial charge in [-0.25, -0.2) is 4.98 Å². The molecule has 4 heteroatoms. The van der Waals surface area contributed by atoms with Crippen molar-refractivity contribution in [2.75, 3.05) is 6.54 Å². The van der Waals surface area contributed by atoms with E-state index in [1.165, 1.54) is 30.7 Å². The lowest BCUT2D eigenvalue weighted by atomic mass is 9.76. The highest BCUT2D eigenvalue weighted by molar-refractivity contribution is 7.09. The normalized spacial score (nSPS) is 19.3. The molecule has 0 aromatic carbocycles. The average molecular weight is 311 g/mol. The van der Waals surface area contributed by atoms with E-state index in [9.17, 15) is 0 Å². The zero-order chi connectivity index (χ0) is 15.3. The Bertz CT molecular complexity index is 418. The third kappa shape index (κ3) is 6.05. The van der Waals surface area contributed by atoms with Gasteiger partial charge in [-0.2, -0.15) is 0 Å². The predicted octanol–water partition coefficient (Wildman–Crippen LogP) is 4.37. The highest BCUT2D eigenvalue weighted by Gasteiger charge is 2.27. The van der Waals surface area contributed by atoms with Crippen LogP contribution in [-0.2, 0) is 17.9 Å². The summed E-state index contributed by atoms with van der Waals surface area (Å²) < 4.78 is 6.04. The van der Waals surface area contributed by atoms with Crippen LogP contribution in [0, 0.1) is 11.3 Å². The molecular weight excluding hydrogens is 280 g/mol. The number of rotatable bonds is 7. The van der Waals surface area contributed by atoms with Gasteiger partial charge in [0.2, 0.25) is 0 Å². The molecule has 0 saturated heterocycles. The van der Waals surface area contributed by atoms with Gasteiger partial charge < -0.3 is 10.1 Å². The molecule has 0 spiro atoms. The Morgan fingerprint density at radius 2 is 2.10 bits per heavy atom. The van der Waals surface area contributed by atoms with Gasteiger partial charge >= 0.3 is 0 Å². The second kappa shape index (κ2) is 7.70. The van der Waals surface area contributed by atoms with Gasteiger partial charge in [-0.1, -0.05) is 27.7 Å². The molecule has 0 atom stereocenters. The third-order valence-electron chi connectivity index (χ3n) is 4.18. The van der Waals surface area contributed by atoms with Crippen molar-refractivity contribution >= 4 is 11.3 Å². The first-order valence-electron chi connectivity index (χ1n) is 8.20. The fraction of sp³-hybridized carbons (Fsp3) is 0.824. The molecular formula is C17H30N2OS. The van der Waals surface area contributed by atoms with Crippen LogP contribution in [0.25, 0.3) is 0 Å². The van der Waals surface area contributed by atoms with Crippen molar-refractivity contribution in [3.05, 3.63) is 16.1 Å². The lowest BCUT2D eigenvalue weighted by molar-refractivity contribution is -0.00674. The van der Waals surface area contributed by atoms with Gasteiger partial charge in [0.25, 0.3) is 0 Å². The maximum atomic E-state index is 6.04. The highest BCUT2D eigenvalue weighted by atomic mass is 32.1. The first kappa shape index (κ1) is 16.9. The summed E-state index contributed by atoms with van der Waals surface area (Å²) in [6, 6.07) is 0. The summed E-state index contributed by atoms with van der Waals surface area (Å²) in [5, 5.41) is 6.74. The molecule has 1 heterocycles. The van der Waals surface area contributed by atoms with Crippen molar-refractivity contribution in [3.8, 4) is 0 Å². The molecule has 0 amide bonds. The summed E-state index contributed by atoms with van der Waals surface area (Å²) in [6.45, 7) is 11.8. The fourth-order valence-corrected chi connectivity index (χ4v) is 3.46. The monoisotopic (exact) mass is 310 g/mol. The molecule has 1 aliphatic carbocycles. The average Bonchev–Trinajstić information content (AvgIpc) is 2.85. The molecule has 1 fully saturated rings. The predicted molar refractivity (Wildman–Crippen MR) is 89.5 cm³/mol. The van der Waals surface area contributed by atoms with Crippen molar-refractivity contribution in [2.45, 2.75) is 72.6 Å². The molecule has 1 aliphatic rings. The molecule has 0 bridgehead atoms. The zero-order valence-electron chi connectivity index (χ0n) is 13.9. The fourth-order valence-electron chi connectivity index (χ4n) is 2.71.